The van der Waals surface area contributed by atoms with E-state index in [4.69, 9.17) is 14.6 Å². The number of hydrazone groups is 1. The molecule has 35 heavy (non-hydrogen) atoms. The normalized spacial score (nSPS) is 28.7. The minimum absolute atomic E-state index is 0.400. The third-order valence-electron chi connectivity index (χ3n) is 5.02. The Morgan fingerprint density at radius 3 is 1.91 bits per heavy atom. The van der Waals surface area contributed by atoms with Crippen molar-refractivity contribution in [1.82, 2.24) is 0 Å². The molecule has 0 saturated carbocycles. The molecule has 17 heteroatoms. The standard InChI is InChI=1S/C18H23F5N2O10/c19-7-8(20)10(22)12(11(23)9(7)21)25-24-1-5(14(30)13(29)4(28)2-26)34-18-17(33)16(32)15(31)6(3-27)35-18/h1,4-6,13-18,25-33H,2-3H2/b24-1+/t4-,5+,6-,13-,14-,15-,16+,17-,18-/m1/s1. The number of aliphatic hydroxyl groups excluding tert-OH is 8. The van der Waals surface area contributed by atoms with Crippen molar-refractivity contribution in [2.75, 3.05) is 18.6 Å². The van der Waals surface area contributed by atoms with E-state index in [1.807, 2.05) is 0 Å². The zero-order valence-corrected chi connectivity index (χ0v) is 17.4. The molecule has 12 nitrogen and oxygen atoms in total. The van der Waals surface area contributed by atoms with E-state index >= 15 is 0 Å². The largest absolute Gasteiger partial charge is 0.394 e. The van der Waals surface area contributed by atoms with Crippen molar-refractivity contribution in [1.29, 1.82) is 0 Å². The first-order chi connectivity index (χ1) is 16.4. The molecule has 1 aromatic carbocycles. The predicted molar refractivity (Wildman–Crippen MR) is 102 cm³/mol. The maximum atomic E-state index is 13.8. The number of ether oxygens (including phenoxy) is 2. The van der Waals surface area contributed by atoms with Crippen LogP contribution in [0, 0.1) is 29.1 Å². The first-order valence-corrected chi connectivity index (χ1v) is 9.78. The molecule has 0 unspecified atom stereocenters. The predicted octanol–water partition coefficient (Wildman–Crippen LogP) is -2.96. The molecule has 1 fully saturated rings. The van der Waals surface area contributed by atoms with Crippen molar-refractivity contribution in [2.24, 2.45) is 5.10 Å². The van der Waals surface area contributed by atoms with E-state index in [1.165, 1.54) is 5.43 Å². The highest BCUT2D eigenvalue weighted by Gasteiger charge is 2.46. The molecule has 1 saturated heterocycles. The Hall–Kier alpha value is -2.06. The SMILES string of the molecule is OC[C@@H](O)[C@@H](O)[C@H](O)[C@H](/C=N/Nc1c(F)c(F)c(F)c(F)c1F)O[C@@H]1O[C@H](CO)[C@@H](O)[C@H](O)[C@H]1O. The second kappa shape index (κ2) is 12.3. The number of nitrogens with one attached hydrogen (secondary N) is 1. The first kappa shape index (κ1) is 29.2. The van der Waals surface area contributed by atoms with Crippen LogP contribution in [-0.4, -0.2) is 115 Å². The average Bonchev–Trinajstić information content (AvgIpc) is 2.86. The molecule has 1 aliphatic heterocycles. The summed E-state index contributed by atoms with van der Waals surface area (Å²) in [6.07, 6.45) is -17.2. The van der Waals surface area contributed by atoms with Crippen molar-refractivity contribution in [3.63, 3.8) is 0 Å². The second-order valence-corrected chi connectivity index (χ2v) is 7.36. The van der Waals surface area contributed by atoms with Gasteiger partial charge in [-0.2, -0.15) is 5.10 Å². The van der Waals surface area contributed by atoms with Gasteiger partial charge in [-0.3, -0.25) is 5.43 Å². The van der Waals surface area contributed by atoms with Crippen LogP contribution in [0.2, 0.25) is 0 Å². The Bertz CT molecular complexity index is 869. The third-order valence-corrected chi connectivity index (χ3v) is 5.02. The summed E-state index contributed by atoms with van der Waals surface area (Å²) < 4.78 is 77.6. The summed E-state index contributed by atoms with van der Waals surface area (Å²) in [5.74, 6) is -11.6. The fourth-order valence-corrected chi connectivity index (χ4v) is 2.95. The number of hydrogen-bond donors (Lipinski definition) is 9. The smallest absolute Gasteiger partial charge is 0.200 e. The average molecular weight is 522 g/mol. The number of anilines is 1. The van der Waals surface area contributed by atoms with Gasteiger partial charge in [0.1, 0.15) is 54.5 Å². The molecule has 1 aliphatic rings. The molecular formula is C18H23F5N2O10. The minimum Gasteiger partial charge on any atom is -0.394 e. The Labute approximate surface area is 193 Å². The molecule has 9 atom stereocenters. The van der Waals surface area contributed by atoms with Crippen molar-refractivity contribution in [3.05, 3.63) is 29.1 Å². The van der Waals surface area contributed by atoms with Crippen LogP contribution in [0.4, 0.5) is 27.6 Å². The Balaban J connectivity index is 2.33. The molecule has 0 spiro atoms. The molecule has 1 heterocycles. The van der Waals surface area contributed by atoms with Crippen LogP contribution in [0.5, 0.6) is 0 Å². The quantitative estimate of drug-likeness (QED) is 0.0499. The molecule has 9 N–H and O–H groups in total. The number of rotatable bonds is 10. The lowest BCUT2D eigenvalue weighted by atomic mass is 9.99. The number of hydrogen-bond acceptors (Lipinski definition) is 12. The third kappa shape index (κ3) is 6.20. The molecule has 0 bridgehead atoms. The van der Waals surface area contributed by atoms with Gasteiger partial charge in [-0.1, -0.05) is 0 Å². The summed E-state index contributed by atoms with van der Waals surface area (Å²) in [5, 5.41) is 80.8. The fourth-order valence-electron chi connectivity index (χ4n) is 2.95. The second-order valence-electron chi connectivity index (χ2n) is 7.36. The number of halogens is 5. The Morgan fingerprint density at radius 2 is 1.40 bits per heavy atom. The monoisotopic (exact) mass is 522 g/mol. The van der Waals surface area contributed by atoms with Gasteiger partial charge in [0, 0.05) is 0 Å². The van der Waals surface area contributed by atoms with Crippen LogP contribution in [-0.2, 0) is 9.47 Å². The molecule has 0 aromatic heterocycles. The van der Waals surface area contributed by atoms with Crippen LogP contribution in [0.3, 0.4) is 0 Å². The topological polar surface area (TPSA) is 205 Å². The summed E-state index contributed by atoms with van der Waals surface area (Å²) in [4.78, 5) is 0. The summed E-state index contributed by atoms with van der Waals surface area (Å²) in [5.41, 5.74) is -0.105. The summed E-state index contributed by atoms with van der Waals surface area (Å²) in [6.45, 7) is -1.94. The van der Waals surface area contributed by atoms with Crippen molar-refractivity contribution < 1.29 is 72.3 Å². The molecule has 1 aromatic rings. The number of benzene rings is 1. The van der Waals surface area contributed by atoms with E-state index in [2.05, 4.69) is 5.10 Å². The maximum absolute atomic E-state index is 13.8. The highest BCUT2D eigenvalue weighted by Crippen LogP contribution is 2.27. The van der Waals surface area contributed by atoms with Crippen molar-refractivity contribution >= 4 is 11.9 Å². The molecular weight excluding hydrogens is 499 g/mol. The molecule has 0 radical (unpaired) electrons. The van der Waals surface area contributed by atoms with Gasteiger partial charge < -0.3 is 50.3 Å². The van der Waals surface area contributed by atoms with Gasteiger partial charge in [0.05, 0.1) is 19.4 Å². The molecule has 2 rings (SSSR count). The van der Waals surface area contributed by atoms with Gasteiger partial charge in [-0.05, 0) is 0 Å². The molecule has 200 valence electrons. The van der Waals surface area contributed by atoms with E-state index in [-0.39, 0.29) is 0 Å². The summed E-state index contributed by atoms with van der Waals surface area (Å²) in [7, 11) is 0. The van der Waals surface area contributed by atoms with Crippen LogP contribution >= 0.6 is 0 Å². The first-order valence-electron chi connectivity index (χ1n) is 9.78. The molecule has 0 aliphatic carbocycles. The maximum Gasteiger partial charge on any atom is 0.200 e. The van der Waals surface area contributed by atoms with Gasteiger partial charge in [0.15, 0.2) is 29.6 Å². The van der Waals surface area contributed by atoms with Crippen molar-refractivity contribution in [3.8, 4) is 0 Å². The van der Waals surface area contributed by atoms with E-state index < -0.39 is 103 Å². The minimum atomic E-state index is -2.44. The van der Waals surface area contributed by atoms with E-state index in [0.29, 0.717) is 6.21 Å². The van der Waals surface area contributed by atoms with Gasteiger partial charge in [-0.15, -0.1) is 0 Å². The highest BCUT2D eigenvalue weighted by molar-refractivity contribution is 5.66. The van der Waals surface area contributed by atoms with Crippen LogP contribution < -0.4 is 5.43 Å². The van der Waals surface area contributed by atoms with E-state index in [0.717, 1.165) is 0 Å². The van der Waals surface area contributed by atoms with Crippen LogP contribution in [0.15, 0.2) is 5.10 Å². The summed E-state index contributed by atoms with van der Waals surface area (Å²) >= 11 is 0. The Morgan fingerprint density at radius 1 is 0.857 bits per heavy atom. The van der Waals surface area contributed by atoms with Gasteiger partial charge >= 0.3 is 0 Å². The van der Waals surface area contributed by atoms with Gasteiger partial charge in [0.2, 0.25) is 5.82 Å². The molecule has 0 amide bonds. The fraction of sp³-hybridized carbons (Fsp3) is 0.611. The van der Waals surface area contributed by atoms with E-state index in [9.17, 15) is 57.7 Å². The highest BCUT2D eigenvalue weighted by atomic mass is 19.2. The van der Waals surface area contributed by atoms with Gasteiger partial charge in [0.25, 0.3) is 0 Å². The van der Waals surface area contributed by atoms with Crippen LogP contribution in [0.25, 0.3) is 0 Å². The lowest BCUT2D eigenvalue weighted by molar-refractivity contribution is -0.312. The van der Waals surface area contributed by atoms with Gasteiger partial charge in [-0.25, -0.2) is 22.0 Å². The lowest BCUT2D eigenvalue weighted by Gasteiger charge is -2.41. The van der Waals surface area contributed by atoms with Crippen LogP contribution in [0.1, 0.15) is 0 Å². The lowest BCUT2D eigenvalue weighted by Crippen LogP contribution is -2.60. The summed E-state index contributed by atoms with van der Waals surface area (Å²) in [6, 6.07) is 0. The zero-order valence-electron chi connectivity index (χ0n) is 17.4. The zero-order chi connectivity index (χ0) is 26.6. The number of nitrogens with zero attached hydrogens (tertiary/aromatic N) is 1. The number of aliphatic hydroxyl groups is 8. The van der Waals surface area contributed by atoms with Crippen molar-refractivity contribution in [2.45, 2.75) is 55.1 Å². The van der Waals surface area contributed by atoms with E-state index in [1.54, 1.807) is 0 Å². The Kier molecular flexibility index (Phi) is 10.2.